The third-order valence-electron chi connectivity index (χ3n) is 6.47. The second-order valence-corrected chi connectivity index (χ2v) is 9.56. The molecule has 202 valence electrons. The zero-order valence-corrected chi connectivity index (χ0v) is 23.2. The summed E-state index contributed by atoms with van der Waals surface area (Å²) in [5, 5.41) is 3.61. The van der Waals surface area contributed by atoms with E-state index in [1.807, 2.05) is 66.7 Å². The van der Waals surface area contributed by atoms with Gasteiger partial charge < -0.3 is 19.7 Å². The number of hydrogen-bond acceptors (Lipinski definition) is 4. The minimum atomic E-state index is -0.677. The molecule has 0 aliphatic rings. The number of rotatable bonds is 14. The minimum absolute atomic E-state index is 0.119. The predicted molar refractivity (Wildman–Crippen MR) is 152 cm³/mol. The highest BCUT2D eigenvalue weighted by Gasteiger charge is 2.30. The van der Waals surface area contributed by atoms with Gasteiger partial charge in [-0.3, -0.25) is 9.59 Å². The van der Waals surface area contributed by atoms with Crippen molar-refractivity contribution >= 4 is 23.4 Å². The van der Waals surface area contributed by atoms with Crippen LogP contribution in [0.3, 0.4) is 0 Å². The van der Waals surface area contributed by atoms with Gasteiger partial charge in [-0.1, -0.05) is 79.5 Å². The van der Waals surface area contributed by atoms with E-state index in [4.69, 9.17) is 21.1 Å². The number of nitrogens with one attached hydrogen (secondary N) is 1. The number of carbonyl (C=O) groups is 2. The average Bonchev–Trinajstić information content (AvgIpc) is 2.94. The topological polar surface area (TPSA) is 67.9 Å². The lowest BCUT2D eigenvalue weighted by Crippen LogP contribution is -2.50. The van der Waals surface area contributed by atoms with Crippen molar-refractivity contribution in [2.45, 2.75) is 51.6 Å². The lowest BCUT2D eigenvalue weighted by Gasteiger charge is -2.32. The highest BCUT2D eigenvalue weighted by Crippen LogP contribution is 2.28. The first kappa shape index (κ1) is 29.1. The van der Waals surface area contributed by atoms with Crippen LogP contribution in [0.5, 0.6) is 11.5 Å². The SMILES string of the molecule is CCCCNC(=O)C(Cc1ccccc1)N(Cc1ccccc1Cl)C(=O)CCc1ccc(OC)c(OC)c1. The molecule has 1 N–H and O–H groups in total. The Morgan fingerprint density at radius 3 is 2.32 bits per heavy atom. The third-order valence-corrected chi connectivity index (χ3v) is 6.84. The van der Waals surface area contributed by atoms with E-state index in [1.54, 1.807) is 25.2 Å². The van der Waals surface area contributed by atoms with Gasteiger partial charge in [-0.15, -0.1) is 0 Å². The van der Waals surface area contributed by atoms with Gasteiger partial charge in [-0.25, -0.2) is 0 Å². The predicted octanol–water partition coefficient (Wildman–Crippen LogP) is 5.85. The van der Waals surface area contributed by atoms with E-state index in [0.717, 1.165) is 29.5 Å². The summed E-state index contributed by atoms with van der Waals surface area (Å²) in [5.41, 5.74) is 2.73. The van der Waals surface area contributed by atoms with Crippen LogP contribution in [0.1, 0.15) is 42.9 Å². The first-order valence-electron chi connectivity index (χ1n) is 13.0. The smallest absolute Gasteiger partial charge is 0.243 e. The molecule has 6 nitrogen and oxygen atoms in total. The number of unbranched alkanes of at least 4 members (excludes halogenated alkanes) is 1. The molecule has 3 rings (SSSR count). The lowest BCUT2D eigenvalue weighted by atomic mass is 10.0. The fourth-order valence-electron chi connectivity index (χ4n) is 4.30. The number of aryl methyl sites for hydroxylation is 1. The number of methoxy groups -OCH3 is 2. The Bertz CT molecular complexity index is 1190. The molecule has 2 amide bonds. The number of ether oxygens (including phenoxy) is 2. The first-order valence-corrected chi connectivity index (χ1v) is 13.4. The number of carbonyl (C=O) groups excluding carboxylic acids is 2. The molecule has 0 spiro atoms. The van der Waals surface area contributed by atoms with Gasteiger partial charge in [-0.2, -0.15) is 0 Å². The summed E-state index contributed by atoms with van der Waals surface area (Å²) in [4.78, 5) is 29.0. The Kier molecular flexibility index (Phi) is 11.5. The molecule has 0 aliphatic heterocycles. The molecule has 38 heavy (non-hydrogen) atoms. The van der Waals surface area contributed by atoms with Crippen molar-refractivity contribution in [1.29, 1.82) is 0 Å². The highest BCUT2D eigenvalue weighted by atomic mass is 35.5. The lowest BCUT2D eigenvalue weighted by molar-refractivity contribution is -0.141. The molecule has 0 aromatic heterocycles. The minimum Gasteiger partial charge on any atom is -0.493 e. The summed E-state index contributed by atoms with van der Waals surface area (Å²) in [7, 11) is 3.18. The summed E-state index contributed by atoms with van der Waals surface area (Å²) in [6.07, 6.45) is 2.98. The van der Waals surface area contributed by atoms with Crippen molar-refractivity contribution in [3.8, 4) is 11.5 Å². The summed E-state index contributed by atoms with van der Waals surface area (Å²) in [5.74, 6) is 0.970. The molecule has 7 heteroatoms. The summed E-state index contributed by atoms with van der Waals surface area (Å²) >= 11 is 6.49. The van der Waals surface area contributed by atoms with Crippen LogP contribution in [0, 0.1) is 0 Å². The van der Waals surface area contributed by atoms with E-state index in [-0.39, 0.29) is 24.8 Å². The normalized spacial score (nSPS) is 11.5. The Balaban J connectivity index is 1.90. The third kappa shape index (κ3) is 8.25. The van der Waals surface area contributed by atoms with Crippen LogP contribution in [0.15, 0.2) is 72.8 Å². The zero-order chi connectivity index (χ0) is 27.3. The standard InChI is InChI=1S/C31H37ClN2O4/c1-4-5-19-33-31(36)27(20-23-11-7-6-8-12-23)34(22-25-13-9-10-14-26(25)32)30(35)18-16-24-15-17-28(37-2)29(21-24)38-3/h6-15,17,21,27H,4-5,16,18-20,22H2,1-3H3,(H,33,36). The Hall–Kier alpha value is -3.51. The summed E-state index contributed by atoms with van der Waals surface area (Å²) < 4.78 is 10.7. The van der Waals surface area contributed by atoms with E-state index < -0.39 is 6.04 Å². The second kappa shape index (κ2) is 15.0. The quantitative estimate of drug-likeness (QED) is 0.263. The van der Waals surface area contributed by atoms with E-state index >= 15 is 0 Å². The van der Waals surface area contributed by atoms with Crippen molar-refractivity contribution in [2.24, 2.45) is 0 Å². The van der Waals surface area contributed by atoms with Crippen LogP contribution in [-0.4, -0.2) is 43.5 Å². The average molecular weight is 537 g/mol. The van der Waals surface area contributed by atoms with Crippen LogP contribution < -0.4 is 14.8 Å². The van der Waals surface area contributed by atoms with E-state index in [9.17, 15) is 9.59 Å². The number of halogens is 1. The second-order valence-electron chi connectivity index (χ2n) is 9.15. The number of benzene rings is 3. The fraction of sp³-hybridized carbons (Fsp3) is 0.355. The molecule has 1 unspecified atom stereocenters. The van der Waals surface area contributed by atoms with Gasteiger partial charge in [0.05, 0.1) is 14.2 Å². The van der Waals surface area contributed by atoms with Crippen LogP contribution in [-0.2, 0) is 29.0 Å². The van der Waals surface area contributed by atoms with Gasteiger partial charge in [-0.05, 0) is 47.7 Å². The molecule has 1 atom stereocenters. The fourth-order valence-corrected chi connectivity index (χ4v) is 4.50. The number of hydrogen-bond donors (Lipinski definition) is 1. The van der Waals surface area contributed by atoms with Crippen LogP contribution in [0.4, 0.5) is 0 Å². The van der Waals surface area contributed by atoms with E-state index in [0.29, 0.717) is 35.9 Å². The molecule has 0 bridgehead atoms. The van der Waals surface area contributed by atoms with Crippen molar-refractivity contribution < 1.29 is 19.1 Å². The van der Waals surface area contributed by atoms with Crippen molar-refractivity contribution in [2.75, 3.05) is 20.8 Å². The summed E-state index contributed by atoms with van der Waals surface area (Å²) in [6, 6.07) is 22.2. The van der Waals surface area contributed by atoms with Crippen molar-refractivity contribution in [1.82, 2.24) is 10.2 Å². The molecule has 0 saturated heterocycles. The monoisotopic (exact) mass is 536 g/mol. The Morgan fingerprint density at radius 2 is 1.63 bits per heavy atom. The maximum absolute atomic E-state index is 13.8. The Morgan fingerprint density at radius 1 is 0.921 bits per heavy atom. The molecular formula is C31H37ClN2O4. The molecule has 3 aromatic rings. The molecule has 0 heterocycles. The highest BCUT2D eigenvalue weighted by molar-refractivity contribution is 6.31. The molecule has 3 aromatic carbocycles. The summed E-state index contributed by atoms with van der Waals surface area (Å²) in [6.45, 7) is 2.89. The molecular weight excluding hydrogens is 500 g/mol. The number of nitrogens with zero attached hydrogens (tertiary/aromatic N) is 1. The van der Waals surface area contributed by atoms with E-state index in [2.05, 4.69) is 12.2 Å². The molecule has 0 fully saturated rings. The van der Waals surface area contributed by atoms with Gasteiger partial charge >= 0.3 is 0 Å². The van der Waals surface area contributed by atoms with E-state index in [1.165, 1.54) is 0 Å². The largest absolute Gasteiger partial charge is 0.493 e. The van der Waals surface area contributed by atoms with Crippen LogP contribution in [0.25, 0.3) is 0 Å². The van der Waals surface area contributed by atoms with Crippen molar-refractivity contribution in [3.63, 3.8) is 0 Å². The molecule has 0 aliphatic carbocycles. The van der Waals surface area contributed by atoms with Gasteiger partial charge in [0.15, 0.2) is 11.5 Å². The van der Waals surface area contributed by atoms with Crippen molar-refractivity contribution in [3.05, 3.63) is 94.5 Å². The first-order chi connectivity index (χ1) is 18.5. The molecule has 0 saturated carbocycles. The van der Waals surface area contributed by atoms with Gasteiger partial charge in [0.1, 0.15) is 6.04 Å². The number of amides is 2. The Labute approximate surface area is 230 Å². The van der Waals surface area contributed by atoms with Gasteiger partial charge in [0, 0.05) is 31.0 Å². The molecule has 0 radical (unpaired) electrons. The zero-order valence-electron chi connectivity index (χ0n) is 22.4. The maximum atomic E-state index is 13.8. The maximum Gasteiger partial charge on any atom is 0.243 e. The van der Waals surface area contributed by atoms with Crippen LogP contribution >= 0.6 is 11.6 Å². The van der Waals surface area contributed by atoms with Gasteiger partial charge in [0.2, 0.25) is 11.8 Å². The van der Waals surface area contributed by atoms with Gasteiger partial charge in [0.25, 0.3) is 0 Å². The van der Waals surface area contributed by atoms with Crippen LogP contribution in [0.2, 0.25) is 5.02 Å².